The summed E-state index contributed by atoms with van der Waals surface area (Å²) >= 11 is 0. The van der Waals surface area contributed by atoms with E-state index in [1.807, 2.05) is 6.92 Å². The first-order valence-corrected chi connectivity index (χ1v) is 10.5. The van der Waals surface area contributed by atoms with Crippen LogP contribution in [0.15, 0.2) is 4.99 Å². The third-order valence-corrected chi connectivity index (χ3v) is 4.58. The van der Waals surface area contributed by atoms with E-state index < -0.39 is 0 Å². The van der Waals surface area contributed by atoms with Gasteiger partial charge in [-0.2, -0.15) is 0 Å². The Balaban J connectivity index is 0.00000729. The molecule has 0 saturated carbocycles. The Morgan fingerprint density at radius 3 is 2.43 bits per heavy atom. The van der Waals surface area contributed by atoms with E-state index in [9.17, 15) is 4.79 Å². The summed E-state index contributed by atoms with van der Waals surface area (Å²) in [5.41, 5.74) is 0. The van der Waals surface area contributed by atoms with Gasteiger partial charge in [-0.3, -0.25) is 9.79 Å². The van der Waals surface area contributed by atoms with E-state index in [2.05, 4.69) is 15.6 Å². The number of carbonyl (C=O) groups is 1. The molecule has 0 aliphatic carbocycles. The van der Waals surface area contributed by atoms with Crippen LogP contribution < -0.4 is 10.6 Å². The molecule has 0 bridgehead atoms. The lowest BCUT2D eigenvalue weighted by atomic mass is 10.0. The van der Waals surface area contributed by atoms with Crippen molar-refractivity contribution in [2.45, 2.75) is 58.3 Å². The molecule has 0 aromatic rings. The monoisotopic (exact) mass is 513 g/mol. The van der Waals surface area contributed by atoms with Gasteiger partial charge >= 0.3 is 5.97 Å². The molecule has 166 valence electrons. The van der Waals surface area contributed by atoms with Crippen molar-refractivity contribution < 1.29 is 19.0 Å². The largest absolute Gasteiger partial charge is 0.466 e. The average molecular weight is 513 g/mol. The Bertz CT molecular complexity index is 405. The number of hydrogen-bond acceptors (Lipinski definition) is 5. The number of nitrogens with one attached hydrogen (secondary N) is 2. The fourth-order valence-corrected chi connectivity index (χ4v) is 2.95. The number of nitrogens with zero attached hydrogens (tertiary/aromatic N) is 1. The number of esters is 1. The van der Waals surface area contributed by atoms with Gasteiger partial charge in [0.1, 0.15) is 0 Å². The van der Waals surface area contributed by atoms with Crippen LogP contribution in [0.25, 0.3) is 0 Å². The molecule has 1 aliphatic rings. The molecule has 1 rings (SSSR count). The Kier molecular flexibility index (Phi) is 19.3. The second-order valence-corrected chi connectivity index (χ2v) is 6.88. The highest BCUT2D eigenvalue weighted by Gasteiger charge is 2.13. The molecular weight excluding hydrogens is 473 g/mol. The van der Waals surface area contributed by atoms with Crippen molar-refractivity contribution in [3.63, 3.8) is 0 Å². The van der Waals surface area contributed by atoms with E-state index >= 15 is 0 Å². The Labute approximate surface area is 187 Å². The third kappa shape index (κ3) is 15.3. The van der Waals surface area contributed by atoms with Crippen molar-refractivity contribution in [3.8, 4) is 0 Å². The molecule has 28 heavy (non-hydrogen) atoms. The normalized spacial score (nSPS) is 15.0. The standard InChI is InChI=1S/C20H39N3O4.HI/c1-3-27-19(24)9-6-4-5-7-12-22-20(21-2)23-13-8-14-26-17-18-10-15-25-16-11-18;/h18H,3-17H2,1-2H3,(H2,21,22,23);1H. The second-order valence-electron chi connectivity index (χ2n) is 6.88. The summed E-state index contributed by atoms with van der Waals surface area (Å²) in [5, 5.41) is 6.64. The van der Waals surface area contributed by atoms with E-state index in [-0.39, 0.29) is 29.9 Å². The summed E-state index contributed by atoms with van der Waals surface area (Å²) in [7, 11) is 1.79. The first-order chi connectivity index (χ1) is 13.3. The predicted octanol–water partition coefficient (Wildman–Crippen LogP) is 3.12. The van der Waals surface area contributed by atoms with Crippen LogP contribution in [0, 0.1) is 5.92 Å². The third-order valence-electron chi connectivity index (χ3n) is 4.58. The van der Waals surface area contributed by atoms with Gasteiger partial charge in [-0.25, -0.2) is 0 Å². The van der Waals surface area contributed by atoms with E-state index in [4.69, 9.17) is 14.2 Å². The van der Waals surface area contributed by atoms with Crippen molar-refractivity contribution >= 4 is 35.9 Å². The van der Waals surface area contributed by atoms with E-state index in [0.717, 1.165) is 90.4 Å². The van der Waals surface area contributed by atoms with Crippen molar-refractivity contribution in [2.75, 3.05) is 53.2 Å². The lowest BCUT2D eigenvalue weighted by Gasteiger charge is -2.21. The summed E-state index contributed by atoms with van der Waals surface area (Å²) in [4.78, 5) is 15.5. The van der Waals surface area contributed by atoms with Gasteiger partial charge in [0, 0.05) is 53.0 Å². The minimum absolute atomic E-state index is 0. The molecule has 0 spiro atoms. The van der Waals surface area contributed by atoms with E-state index in [1.165, 1.54) is 0 Å². The van der Waals surface area contributed by atoms with Gasteiger partial charge in [0.2, 0.25) is 0 Å². The van der Waals surface area contributed by atoms with Crippen LogP contribution in [0.5, 0.6) is 0 Å². The highest BCUT2D eigenvalue weighted by Crippen LogP contribution is 2.14. The first-order valence-electron chi connectivity index (χ1n) is 10.5. The van der Waals surface area contributed by atoms with Gasteiger partial charge in [-0.05, 0) is 44.9 Å². The van der Waals surface area contributed by atoms with Gasteiger partial charge in [0.05, 0.1) is 6.61 Å². The highest BCUT2D eigenvalue weighted by atomic mass is 127. The molecule has 8 heteroatoms. The molecule has 0 amide bonds. The molecule has 0 radical (unpaired) electrons. The second kappa shape index (κ2) is 19.7. The van der Waals surface area contributed by atoms with Crippen molar-refractivity contribution in [3.05, 3.63) is 0 Å². The van der Waals surface area contributed by atoms with E-state index in [1.54, 1.807) is 7.05 Å². The topological polar surface area (TPSA) is 81.2 Å². The number of carbonyl (C=O) groups excluding carboxylic acids is 1. The lowest BCUT2D eigenvalue weighted by molar-refractivity contribution is -0.143. The number of unbranched alkanes of at least 4 members (excludes halogenated alkanes) is 3. The minimum atomic E-state index is -0.0861. The van der Waals surface area contributed by atoms with Crippen molar-refractivity contribution in [1.29, 1.82) is 0 Å². The van der Waals surface area contributed by atoms with Crippen LogP contribution in [-0.4, -0.2) is 65.1 Å². The summed E-state index contributed by atoms with van der Waals surface area (Å²) in [6.07, 6.45) is 7.87. The average Bonchev–Trinajstić information content (AvgIpc) is 2.69. The van der Waals surface area contributed by atoms with Gasteiger partial charge in [-0.15, -0.1) is 24.0 Å². The number of guanidine groups is 1. The zero-order chi connectivity index (χ0) is 19.6. The Morgan fingerprint density at radius 1 is 1.07 bits per heavy atom. The molecule has 1 saturated heterocycles. The van der Waals surface area contributed by atoms with Crippen LogP contribution in [-0.2, 0) is 19.0 Å². The van der Waals surface area contributed by atoms with Gasteiger partial charge in [0.15, 0.2) is 5.96 Å². The van der Waals surface area contributed by atoms with Crippen molar-refractivity contribution in [2.24, 2.45) is 10.9 Å². The SMILES string of the molecule is CCOC(=O)CCCCCCNC(=NC)NCCCOCC1CCOCC1.I. The fourth-order valence-electron chi connectivity index (χ4n) is 2.95. The molecule has 7 nitrogen and oxygen atoms in total. The van der Waals surface area contributed by atoms with E-state index in [0.29, 0.717) is 18.9 Å². The molecule has 2 N–H and O–H groups in total. The van der Waals surface area contributed by atoms with Crippen LogP contribution in [0.4, 0.5) is 0 Å². The number of ether oxygens (including phenoxy) is 3. The molecule has 0 unspecified atom stereocenters. The lowest BCUT2D eigenvalue weighted by Crippen LogP contribution is -2.38. The molecular formula is C20H40IN3O4. The zero-order valence-corrected chi connectivity index (χ0v) is 20.0. The molecule has 0 atom stereocenters. The molecule has 1 fully saturated rings. The Morgan fingerprint density at radius 2 is 1.75 bits per heavy atom. The molecule has 0 aromatic carbocycles. The number of hydrogen-bond donors (Lipinski definition) is 2. The summed E-state index contributed by atoms with van der Waals surface area (Å²) in [6, 6.07) is 0. The maximum Gasteiger partial charge on any atom is 0.305 e. The molecule has 1 heterocycles. The fraction of sp³-hybridized carbons (Fsp3) is 0.900. The highest BCUT2D eigenvalue weighted by molar-refractivity contribution is 14.0. The quantitative estimate of drug-likeness (QED) is 0.122. The number of halogens is 1. The van der Waals surface area contributed by atoms with Gasteiger partial charge in [0.25, 0.3) is 0 Å². The van der Waals surface area contributed by atoms with Crippen LogP contribution >= 0.6 is 24.0 Å². The molecule has 1 aliphatic heterocycles. The van der Waals surface area contributed by atoms with Crippen molar-refractivity contribution in [1.82, 2.24) is 10.6 Å². The maximum absolute atomic E-state index is 11.2. The molecule has 0 aromatic heterocycles. The zero-order valence-electron chi connectivity index (χ0n) is 17.7. The van der Waals surface area contributed by atoms with Gasteiger partial charge < -0.3 is 24.8 Å². The van der Waals surface area contributed by atoms with Crippen LogP contribution in [0.3, 0.4) is 0 Å². The number of aliphatic imine (C=N–C) groups is 1. The smallest absolute Gasteiger partial charge is 0.305 e. The summed E-state index contributed by atoms with van der Waals surface area (Å²) < 4.78 is 16.0. The van der Waals surface area contributed by atoms with Crippen LogP contribution in [0.1, 0.15) is 58.3 Å². The van der Waals surface area contributed by atoms with Gasteiger partial charge in [-0.1, -0.05) is 12.8 Å². The summed E-state index contributed by atoms with van der Waals surface area (Å²) in [6.45, 7) is 7.44. The first kappa shape index (κ1) is 27.4. The number of rotatable bonds is 14. The summed E-state index contributed by atoms with van der Waals surface area (Å²) in [5.74, 6) is 1.42. The minimum Gasteiger partial charge on any atom is -0.466 e. The van der Waals surface area contributed by atoms with Crippen LogP contribution in [0.2, 0.25) is 0 Å². The maximum atomic E-state index is 11.2. The Hall–Kier alpha value is -0.610. The predicted molar refractivity (Wildman–Crippen MR) is 123 cm³/mol.